The lowest BCUT2D eigenvalue weighted by molar-refractivity contribution is 0.0696. The lowest BCUT2D eigenvalue weighted by Gasteiger charge is -2.26. The molecule has 1 aromatic heterocycles. The van der Waals surface area contributed by atoms with Crippen LogP contribution in [0.1, 0.15) is 40.9 Å². The SMILES string of the molecule is Cc1cc(C)c(C(=O)O)c(NCC2CCC2)n1. The molecule has 0 spiro atoms. The number of anilines is 1. The maximum Gasteiger partial charge on any atom is 0.339 e. The molecule has 0 bridgehead atoms. The number of aromatic carboxylic acids is 1. The minimum atomic E-state index is -0.911. The molecule has 1 heterocycles. The molecule has 1 aliphatic rings. The maximum absolute atomic E-state index is 11.2. The van der Waals surface area contributed by atoms with Crippen LogP contribution in [-0.2, 0) is 0 Å². The summed E-state index contributed by atoms with van der Waals surface area (Å²) >= 11 is 0. The van der Waals surface area contributed by atoms with Crippen molar-refractivity contribution in [1.29, 1.82) is 0 Å². The van der Waals surface area contributed by atoms with Crippen LogP contribution in [0.5, 0.6) is 0 Å². The fourth-order valence-corrected chi connectivity index (χ4v) is 2.17. The van der Waals surface area contributed by atoms with Crippen molar-refractivity contribution in [1.82, 2.24) is 4.98 Å². The largest absolute Gasteiger partial charge is 0.478 e. The van der Waals surface area contributed by atoms with E-state index in [1.54, 1.807) is 6.07 Å². The van der Waals surface area contributed by atoms with Crippen molar-refractivity contribution in [3.63, 3.8) is 0 Å². The second-order valence-corrected chi connectivity index (χ2v) is 4.79. The third kappa shape index (κ3) is 2.57. The number of carboxylic acid groups (broad SMARTS) is 1. The summed E-state index contributed by atoms with van der Waals surface area (Å²) in [6.07, 6.45) is 3.76. The first-order valence-electron chi connectivity index (χ1n) is 6.03. The first-order chi connectivity index (χ1) is 8.08. The van der Waals surface area contributed by atoms with E-state index < -0.39 is 5.97 Å². The average molecular weight is 234 g/mol. The van der Waals surface area contributed by atoms with Crippen LogP contribution >= 0.6 is 0 Å². The Balaban J connectivity index is 2.20. The van der Waals surface area contributed by atoms with Crippen molar-refractivity contribution in [3.05, 3.63) is 22.9 Å². The highest BCUT2D eigenvalue weighted by Crippen LogP contribution is 2.27. The summed E-state index contributed by atoms with van der Waals surface area (Å²) in [5, 5.41) is 12.4. The van der Waals surface area contributed by atoms with Crippen molar-refractivity contribution in [2.24, 2.45) is 5.92 Å². The quantitative estimate of drug-likeness (QED) is 0.840. The van der Waals surface area contributed by atoms with E-state index in [1.165, 1.54) is 19.3 Å². The maximum atomic E-state index is 11.2. The molecule has 1 aromatic rings. The van der Waals surface area contributed by atoms with Crippen molar-refractivity contribution in [2.75, 3.05) is 11.9 Å². The van der Waals surface area contributed by atoms with Crippen molar-refractivity contribution in [2.45, 2.75) is 33.1 Å². The first-order valence-corrected chi connectivity index (χ1v) is 6.03. The van der Waals surface area contributed by atoms with Gasteiger partial charge in [0.1, 0.15) is 11.4 Å². The summed E-state index contributed by atoms with van der Waals surface area (Å²) < 4.78 is 0. The van der Waals surface area contributed by atoms with E-state index in [4.69, 9.17) is 0 Å². The Morgan fingerprint density at radius 2 is 2.24 bits per heavy atom. The van der Waals surface area contributed by atoms with Crippen LogP contribution < -0.4 is 5.32 Å². The molecule has 0 radical (unpaired) electrons. The summed E-state index contributed by atoms with van der Waals surface area (Å²) in [5.74, 6) is 0.285. The first kappa shape index (κ1) is 11.9. The van der Waals surface area contributed by atoms with Crippen LogP contribution in [0.15, 0.2) is 6.07 Å². The Labute approximate surface area is 101 Å². The van der Waals surface area contributed by atoms with E-state index >= 15 is 0 Å². The van der Waals surface area contributed by atoms with Gasteiger partial charge < -0.3 is 10.4 Å². The Bertz CT molecular complexity index is 439. The van der Waals surface area contributed by atoms with E-state index in [0.29, 0.717) is 17.3 Å². The minimum absolute atomic E-state index is 0.301. The fraction of sp³-hybridized carbons (Fsp3) is 0.538. The predicted molar refractivity (Wildman–Crippen MR) is 66.5 cm³/mol. The molecule has 0 aromatic carbocycles. The number of nitrogens with zero attached hydrogens (tertiary/aromatic N) is 1. The van der Waals surface area contributed by atoms with Gasteiger partial charge >= 0.3 is 5.97 Å². The number of aryl methyl sites for hydroxylation is 2. The number of rotatable bonds is 4. The molecular formula is C13H18N2O2. The van der Waals surface area contributed by atoms with Gasteiger partial charge in [-0.1, -0.05) is 6.42 Å². The molecule has 0 unspecified atom stereocenters. The zero-order chi connectivity index (χ0) is 12.4. The highest BCUT2D eigenvalue weighted by atomic mass is 16.4. The second kappa shape index (κ2) is 4.73. The van der Waals surface area contributed by atoms with Gasteiger partial charge in [-0.05, 0) is 44.2 Å². The number of carbonyl (C=O) groups is 1. The summed E-state index contributed by atoms with van der Waals surface area (Å²) in [6, 6.07) is 1.80. The number of aromatic nitrogens is 1. The van der Waals surface area contributed by atoms with Gasteiger partial charge in [-0.2, -0.15) is 0 Å². The molecule has 17 heavy (non-hydrogen) atoms. The minimum Gasteiger partial charge on any atom is -0.478 e. The van der Waals surface area contributed by atoms with E-state index in [0.717, 1.165) is 17.8 Å². The van der Waals surface area contributed by atoms with Crippen LogP contribution in [-0.4, -0.2) is 22.6 Å². The van der Waals surface area contributed by atoms with Gasteiger partial charge in [-0.25, -0.2) is 9.78 Å². The Morgan fingerprint density at radius 3 is 2.76 bits per heavy atom. The lowest BCUT2D eigenvalue weighted by Crippen LogP contribution is -2.22. The number of carboxylic acids is 1. The molecule has 1 aliphatic carbocycles. The number of hydrogen-bond acceptors (Lipinski definition) is 3. The van der Waals surface area contributed by atoms with Crippen molar-refractivity contribution in [3.8, 4) is 0 Å². The average Bonchev–Trinajstić information content (AvgIpc) is 2.12. The van der Waals surface area contributed by atoms with E-state index in [-0.39, 0.29) is 0 Å². The molecule has 4 nitrogen and oxygen atoms in total. The molecule has 0 saturated heterocycles. The molecule has 0 atom stereocenters. The molecule has 4 heteroatoms. The topological polar surface area (TPSA) is 62.2 Å². The van der Waals surface area contributed by atoms with Gasteiger partial charge in [0, 0.05) is 12.2 Å². The number of nitrogens with one attached hydrogen (secondary N) is 1. The standard InChI is InChI=1S/C13H18N2O2/c1-8-6-9(2)15-12(11(8)13(16)17)14-7-10-4-3-5-10/h6,10H,3-5,7H2,1-2H3,(H,14,15)(H,16,17). The molecule has 1 fully saturated rings. The van der Waals surface area contributed by atoms with Crippen LogP contribution in [0.3, 0.4) is 0 Å². The fourth-order valence-electron chi connectivity index (χ4n) is 2.17. The second-order valence-electron chi connectivity index (χ2n) is 4.79. The summed E-state index contributed by atoms with van der Waals surface area (Å²) in [7, 11) is 0. The lowest BCUT2D eigenvalue weighted by atomic mass is 9.85. The van der Waals surface area contributed by atoms with Gasteiger partial charge in [0.2, 0.25) is 0 Å². The van der Waals surface area contributed by atoms with Crippen LogP contribution in [0.4, 0.5) is 5.82 Å². The highest BCUT2D eigenvalue weighted by Gasteiger charge is 2.20. The van der Waals surface area contributed by atoms with Gasteiger partial charge in [0.15, 0.2) is 0 Å². The van der Waals surface area contributed by atoms with E-state index in [9.17, 15) is 9.90 Å². The third-order valence-electron chi connectivity index (χ3n) is 3.34. The Hall–Kier alpha value is -1.58. The third-order valence-corrected chi connectivity index (χ3v) is 3.34. The summed E-state index contributed by atoms with van der Waals surface area (Å²) in [6.45, 7) is 4.52. The normalized spacial score (nSPS) is 15.4. The number of hydrogen-bond donors (Lipinski definition) is 2. The van der Waals surface area contributed by atoms with Crippen LogP contribution in [0, 0.1) is 19.8 Å². The van der Waals surface area contributed by atoms with Gasteiger partial charge in [-0.3, -0.25) is 0 Å². The molecule has 2 rings (SSSR count). The monoisotopic (exact) mass is 234 g/mol. The molecule has 1 saturated carbocycles. The van der Waals surface area contributed by atoms with Crippen LogP contribution in [0.25, 0.3) is 0 Å². The molecule has 2 N–H and O–H groups in total. The molecule has 0 aliphatic heterocycles. The van der Waals surface area contributed by atoms with Crippen LogP contribution in [0.2, 0.25) is 0 Å². The zero-order valence-corrected chi connectivity index (χ0v) is 10.3. The number of pyridine rings is 1. The van der Waals surface area contributed by atoms with Gasteiger partial charge in [-0.15, -0.1) is 0 Å². The Morgan fingerprint density at radius 1 is 1.53 bits per heavy atom. The van der Waals surface area contributed by atoms with Crippen molar-refractivity contribution < 1.29 is 9.90 Å². The molecular weight excluding hydrogens is 216 g/mol. The summed E-state index contributed by atoms with van der Waals surface area (Å²) in [5.41, 5.74) is 1.92. The Kier molecular flexibility index (Phi) is 3.31. The predicted octanol–water partition coefficient (Wildman–Crippen LogP) is 2.61. The van der Waals surface area contributed by atoms with Gasteiger partial charge in [0.05, 0.1) is 0 Å². The van der Waals surface area contributed by atoms with E-state index in [1.807, 2.05) is 13.8 Å². The van der Waals surface area contributed by atoms with E-state index in [2.05, 4.69) is 10.3 Å². The van der Waals surface area contributed by atoms with Crippen molar-refractivity contribution >= 4 is 11.8 Å². The highest BCUT2D eigenvalue weighted by molar-refractivity contribution is 5.94. The van der Waals surface area contributed by atoms with Gasteiger partial charge in [0.25, 0.3) is 0 Å². The molecule has 0 amide bonds. The molecule has 92 valence electrons. The summed E-state index contributed by atoms with van der Waals surface area (Å²) in [4.78, 5) is 15.5. The zero-order valence-electron chi connectivity index (χ0n) is 10.3. The smallest absolute Gasteiger partial charge is 0.339 e.